The molecule has 29 heavy (non-hydrogen) atoms. The van der Waals surface area contributed by atoms with Crippen molar-refractivity contribution in [2.24, 2.45) is 5.73 Å². The average molecular weight is 414 g/mol. The third-order valence-electron chi connectivity index (χ3n) is 5.86. The Morgan fingerprint density at radius 1 is 1.17 bits per heavy atom. The summed E-state index contributed by atoms with van der Waals surface area (Å²) in [5, 5.41) is 1.06. The first-order valence-corrected chi connectivity index (χ1v) is 9.80. The minimum Gasteiger partial charge on any atom is -0.459 e. The van der Waals surface area contributed by atoms with E-state index in [1.54, 1.807) is 4.90 Å². The van der Waals surface area contributed by atoms with Crippen LogP contribution < -0.4 is 5.73 Å². The van der Waals surface area contributed by atoms with Gasteiger partial charge in [-0.25, -0.2) is 0 Å². The first-order chi connectivity index (χ1) is 13.5. The Hall–Kier alpha value is -2.34. The molecule has 0 spiro atoms. The fourth-order valence-corrected chi connectivity index (χ4v) is 4.01. The maximum atomic E-state index is 12.9. The van der Waals surface area contributed by atoms with E-state index in [9.17, 15) is 4.79 Å². The number of likely N-dealkylation sites (N-methyl/N-ethyl adjacent to an activating group) is 1. The number of benzene rings is 2. The van der Waals surface area contributed by atoms with Crippen molar-refractivity contribution in [3.05, 3.63) is 72.0 Å². The van der Waals surface area contributed by atoms with E-state index < -0.39 is 0 Å². The molecule has 0 radical (unpaired) electrons. The van der Waals surface area contributed by atoms with Crippen LogP contribution in [0.1, 0.15) is 30.2 Å². The third-order valence-corrected chi connectivity index (χ3v) is 5.86. The van der Waals surface area contributed by atoms with Crippen molar-refractivity contribution in [2.45, 2.75) is 24.9 Å². The van der Waals surface area contributed by atoms with Crippen molar-refractivity contribution in [2.75, 3.05) is 26.7 Å². The lowest BCUT2D eigenvalue weighted by Crippen LogP contribution is -2.39. The van der Waals surface area contributed by atoms with E-state index >= 15 is 0 Å². The van der Waals surface area contributed by atoms with E-state index in [0.29, 0.717) is 6.54 Å². The number of rotatable bonds is 5. The molecule has 1 unspecified atom stereocenters. The molecule has 2 N–H and O–H groups in total. The Morgan fingerprint density at radius 2 is 1.86 bits per heavy atom. The lowest BCUT2D eigenvalue weighted by Gasteiger charge is -2.26. The molecule has 1 saturated heterocycles. The molecule has 1 amide bonds. The van der Waals surface area contributed by atoms with E-state index in [0.717, 1.165) is 29.8 Å². The first kappa shape index (κ1) is 21.4. The highest BCUT2D eigenvalue weighted by atomic mass is 35.5. The molecular weight excluding hydrogens is 386 g/mol. The van der Waals surface area contributed by atoms with Gasteiger partial charge in [0.1, 0.15) is 11.3 Å². The predicted octanol–water partition coefficient (Wildman–Crippen LogP) is 3.80. The third kappa shape index (κ3) is 4.47. The number of carbonyl (C=O) groups is 1. The Bertz CT molecular complexity index is 926. The second-order valence-corrected chi connectivity index (χ2v) is 7.74. The van der Waals surface area contributed by atoms with Crippen molar-refractivity contribution in [3.63, 3.8) is 0 Å². The highest BCUT2D eigenvalue weighted by molar-refractivity contribution is 5.85. The number of hydrogen-bond donors (Lipinski definition) is 1. The first-order valence-electron chi connectivity index (χ1n) is 9.80. The van der Waals surface area contributed by atoms with Gasteiger partial charge in [-0.3, -0.25) is 9.69 Å². The van der Waals surface area contributed by atoms with Gasteiger partial charge in [0.2, 0.25) is 5.91 Å². The van der Waals surface area contributed by atoms with E-state index in [2.05, 4.69) is 17.0 Å². The standard InChI is InChI=1S/C23H27N3O2.ClH/c1-16(22-12-18-10-6-7-11-21(18)28-22)25(2)23(27)15-26-13-19(20(24)14-26)17-8-4-3-5-9-17;/h3-12,16,19-20H,13-15,24H2,1-2H3;1H/t16?,19-,20+;/m0./s1. The summed E-state index contributed by atoms with van der Waals surface area (Å²) in [5.41, 5.74) is 8.46. The zero-order valence-electron chi connectivity index (χ0n) is 16.8. The van der Waals surface area contributed by atoms with Gasteiger partial charge in [0, 0.05) is 37.5 Å². The molecule has 0 saturated carbocycles. The molecule has 3 atom stereocenters. The monoisotopic (exact) mass is 413 g/mol. The minimum atomic E-state index is -0.124. The van der Waals surface area contributed by atoms with Crippen LogP contribution in [0.3, 0.4) is 0 Å². The van der Waals surface area contributed by atoms with Gasteiger partial charge in [0.15, 0.2) is 0 Å². The van der Waals surface area contributed by atoms with Crippen molar-refractivity contribution in [1.82, 2.24) is 9.80 Å². The van der Waals surface area contributed by atoms with E-state index in [1.165, 1.54) is 5.56 Å². The van der Waals surface area contributed by atoms with Crippen LogP contribution in [0, 0.1) is 0 Å². The van der Waals surface area contributed by atoms with Gasteiger partial charge in [-0.2, -0.15) is 0 Å². The van der Waals surface area contributed by atoms with Crippen LogP contribution in [-0.2, 0) is 4.79 Å². The summed E-state index contributed by atoms with van der Waals surface area (Å²) < 4.78 is 5.94. The molecule has 5 nitrogen and oxygen atoms in total. The van der Waals surface area contributed by atoms with Crippen LogP contribution in [0.2, 0.25) is 0 Å². The molecule has 0 aliphatic carbocycles. The highest BCUT2D eigenvalue weighted by Gasteiger charge is 2.33. The molecule has 6 heteroatoms. The summed E-state index contributed by atoms with van der Waals surface area (Å²) in [6.45, 7) is 3.91. The summed E-state index contributed by atoms with van der Waals surface area (Å²) in [4.78, 5) is 16.8. The molecule has 1 aromatic heterocycles. The molecule has 4 rings (SSSR count). The Labute approximate surface area is 177 Å². The SMILES string of the molecule is CC(c1cc2ccccc2o1)N(C)C(=O)CN1C[C@@H](N)[C@H](c2ccccc2)C1.Cl. The highest BCUT2D eigenvalue weighted by Crippen LogP contribution is 2.28. The second-order valence-electron chi connectivity index (χ2n) is 7.74. The summed E-state index contributed by atoms with van der Waals surface area (Å²) >= 11 is 0. The van der Waals surface area contributed by atoms with Crippen molar-refractivity contribution < 1.29 is 9.21 Å². The van der Waals surface area contributed by atoms with Crippen molar-refractivity contribution in [3.8, 4) is 0 Å². The number of hydrogen-bond acceptors (Lipinski definition) is 4. The van der Waals surface area contributed by atoms with Crippen LogP contribution in [0.25, 0.3) is 11.0 Å². The molecule has 2 aromatic carbocycles. The molecule has 154 valence electrons. The Kier molecular flexibility index (Phi) is 6.63. The maximum Gasteiger partial charge on any atom is 0.237 e. The number of likely N-dealkylation sites (tertiary alicyclic amines) is 1. The molecule has 1 aliphatic rings. The summed E-state index contributed by atoms with van der Waals surface area (Å²) in [5.74, 6) is 1.15. The zero-order chi connectivity index (χ0) is 19.7. The fourth-order valence-electron chi connectivity index (χ4n) is 4.01. The number of nitrogens with two attached hydrogens (primary N) is 1. The van der Waals surface area contributed by atoms with Gasteiger partial charge >= 0.3 is 0 Å². The largest absolute Gasteiger partial charge is 0.459 e. The maximum absolute atomic E-state index is 12.9. The van der Waals surface area contributed by atoms with Crippen molar-refractivity contribution >= 4 is 29.3 Å². The van der Waals surface area contributed by atoms with Crippen LogP contribution in [0.15, 0.2) is 65.1 Å². The molecule has 2 heterocycles. The normalized spacial score (nSPS) is 20.4. The van der Waals surface area contributed by atoms with E-state index in [-0.39, 0.29) is 36.3 Å². The van der Waals surface area contributed by atoms with Crippen molar-refractivity contribution in [1.29, 1.82) is 0 Å². The van der Waals surface area contributed by atoms with Gasteiger partial charge in [-0.15, -0.1) is 12.4 Å². The molecule has 1 aliphatic heterocycles. The van der Waals surface area contributed by atoms with Gasteiger partial charge in [0.25, 0.3) is 0 Å². The van der Waals surface area contributed by atoms with Crippen LogP contribution in [0.4, 0.5) is 0 Å². The van der Waals surface area contributed by atoms with Gasteiger partial charge < -0.3 is 15.1 Å². The molecule has 3 aromatic rings. The topological polar surface area (TPSA) is 62.7 Å². The van der Waals surface area contributed by atoms with Crippen LogP contribution >= 0.6 is 12.4 Å². The quantitative estimate of drug-likeness (QED) is 0.691. The number of furan rings is 1. The fraction of sp³-hybridized carbons (Fsp3) is 0.348. The van der Waals surface area contributed by atoms with Gasteiger partial charge in [0.05, 0.1) is 12.6 Å². The Morgan fingerprint density at radius 3 is 2.59 bits per heavy atom. The number of halogens is 1. The molecule has 1 fully saturated rings. The zero-order valence-corrected chi connectivity index (χ0v) is 17.6. The molecular formula is C23H28ClN3O2. The van der Waals surface area contributed by atoms with Gasteiger partial charge in [-0.1, -0.05) is 48.5 Å². The van der Waals surface area contributed by atoms with E-state index in [4.69, 9.17) is 10.2 Å². The number of nitrogens with zero attached hydrogens (tertiary/aromatic N) is 2. The summed E-state index contributed by atoms with van der Waals surface area (Å²) in [7, 11) is 1.84. The smallest absolute Gasteiger partial charge is 0.237 e. The van der Waals surface area contributed by atoms with Crippen LogP contribution in [0.5, 0.6) is 0 Å². The average Bonchev–Trinajstić information content (AvgIpc) is 3.30. The summed E-state index contributed by atoms with van der Waals surface area (Å²) in [6.07, 6.45) is 0. The number of para-hydroxylation sites is 1. The minimum absolute atomic E-state index is 0. The predicted molar refractivity (Wildman–Crippen MR) is 118 cm³/mol. The number of carbonyl (C=O) groups excluding carboxylic acids is 1. The lowest BCUT2D eigenvalue weighted by atomic mass is 9.95. The second kappa shape index (κ2) is 8.99. The number of amides is 1. The Balaban J connectivity index is 0.00000240. The van der Waals surface area contributed by atoms with E-state index in [1.807, 2.05) is 62.5 Å². The van der Waals surface area contributed by atoms with Gasteiger partial charge in [-0.05, 0) is 24.6 Å². The molecule has 0 bridgehead atoms. The van der Waals surface area contributed by atoms with Crippen LogP contribution in [-0.4, -0.2) is 48.4 Å². The lowest BCUT2D eigenvalue weighted by molar-refractivity contribution is -0.133. The summed E-state index contributed by atoms with van der Waals surface area (Å²) in [6, 6.07) is 20.2. The number of fused-ring (bicyclic) bond motifs is 1.